The molecule has 0 heterocycles. The van der Waals surface area contributed by atoms with Gasteiger partial charge in [-0.15, -0.1) is 0 Å². The highest BCUT2D eigenvalue weighted by Gasteiger charge is 2.13. The molecule has 0 saturated heterocycles. The number of hydrogen-bond acceptors (Lipinski definition) is 1. The van der Waals surface area contributed by atoms with Crippen molar-refractivity contribution in [3.05, 3.63) is 0 Å². The van der Waals surface area contributed by atoms with Gasteiger partial charge in [-0.3, -0.25) is 0 Å². The largest absolute Gasteiger partial charge is 0.315 e. The molecule has 0 aliphatic carbocycles. The summed E-state index contributed by atoms with van der Waals surface area (Å²) in [6, 6.07) is 0.680. The van der Waals surface area contributed by atoms with Crippen molar-refractivity contribution in [3.63, 3.8) is 0 Å². The highest BCUT2D eigenvalue weighted by Crippen LogP contribution is 2.21. The summed E-state index contributed by atoms with van der Waals surface area (Å²) < 4.78 is 0. The van der Waals surface area contributed by atoms with Crippen LogP contribution in [0.3, 0.4) is 0 Å². The third-order valence-electron chi connectivity index (χ3n) is 2.99. The van der Waals surface area contributed by atoms with E-state index in [9.17, 15) is 0 Å². The predicted molar refractivity (Wildman–Crippen MR) is 61.0 cm³/mol. The minimum atomic E-state index is 0.680. The molecule has 1 nitrogen and oxygen atoms in total. The van der Waals surface area contributed by atoms with Gasteiger partial charge in [-0.2, -0.15) is 0 Å². The SMILES string of the molecule is CCCC(C)C(C)CC(C)NCC. The van der Waals surface area contributed by atoms with Crippen molar-refractivity contribution >= 4 is 0 Å². The van der Waals surface area contributed by atoms with Crippen molar-refractivity contribution in [1.29, 1.82) is 0 Å². The van der Waals surface area contributed by atoms with Gasteiger partial charge in [0.15, 0.2) is 0 Å². The van der Waals surface area contributed by atoms with Crippen molar-refractivity contribution in [2.24, 2.45) is 11.8 Å². The molecule has 0 bridgehead atoms. The van der Waals surface area contributed by atoms with E-state index in [1.54, 1.807) is 0 Å². The van der Waals surface area contributed by atoms with Gasteiger partial charge in [0.2, 0.25) is 0 Å². The summed E-state index contributed by atoms with van der Waals surface area (Å²) in [6.45, 7) is 12.6. The Kier molecular flexibility index (Phi) is 7.35. The van der Waals surface area contributed by atoms with Crippen LogP contribution in [-0.2, 0) is 0 Å². The molecule has 0 rings (SSSR count). The molecule has 0 aromatic rings. The summed E-state index contributed by atoms with van der Waals surface area (Å²) in [6.07, 6.45) is 4.01. The molecule has 3 unspecified atom stereocenters. The van der Waals surface area contributed by atoms with Crippen LogP contribution in [0.5, 0.6) is 0 Å². The molecule has 3 atom stereocenters. The first-order valence-corrected chi connectivity index (χ1v) is 5.85. The van der Waals surface area contributed by atoms with Crippen molar-refractivity contribution in [3.8, 4) is 0 Å². The fourth-order valence-electron chi connectivity index (χ4n) is 1.96. The zero-order chi connectivity index (χ0) is 10.3. The van der Waals surface area contributed by atoms with Crippen LogP contribution in [0.15, 0.2) is 0 Å². The molecule has 1 N–H and O–H groups in total. The summed E-state index contributed by atoms with van der Waals surface area (Å²) in [5.41, 5.74) is 0. The van der Waals surface area contributed by atoms with E-state index in [1.165, 1.54) is 19.3 Å². The molecule has 0 aromatic carbocycles. The highest BCUT2D eigenvalue weighted by molar-refractivity contribution is 4.68. The van der Waals surface area contributed by atoms with E-state index < -0.39 is 0 Å². The standard InChI is InChI=1S/C12H27N/c1-6-8-10(3)11(4)9-12(5)13-7-2/h10-13H,6-9H2,1-5H3. The number of nitrogens with one attached hydrogen (secondary N) is 1. The first kappa shape index (κ1) is 13.0. The van der Waals surface area contributed by atoms with Crippen LogP contribution < -0.4 is 5.32 Å². The number of rotatable bonds is 7. The molecule has 0 aromatic heterocycles. The Hall–Kier alpha value is -0.0400. The molecule has 0 saturated carbocycles. The highest BCUT2D eigenvalue weighted by atomic mass is 14.9. The van der Waals surface area contributed by atoms with E-state index in [4.69, 9.17) is 0 Å². The minimum Gasteiger partial charge on any atom is -0.315 e. The fraction of sp³-hybridized carbons (Fsp3) is 1.00. The third-order valence-corrected chi connectivity index (χ3v) is 2.99. The maximum absolute atomic E-state index is 3.47. The Morgan fingerprint density at radius 3 is 2.08 bits per heavy atom. The Bertz CT molecular complexity index is 112. The quantitative estimate of drug-likeness (QED) is 0.640. The van der Waals surface area contributed by atoms with E-state index in [1.807, 2.05) is 0 Å². The van der Waals surface area contributed by atoms with E-state index in [2.05, 4.69) is 39.9 Å². The maximum Gasteiger partial charge on any atom is 0.00412 e. The van der Waals surface area contributed by atoms with Gasteiger partial charge < -0.3 is 5.32 Å². The average Bonchev–Trinajstić information content (AvgIpc) is 2.05. The van der Waals surface area contributed by atoms with Crippen molar-refractivity contribution in [2.45, 2.75) is 59.9 Å². The van der Waals surface area contributed by atoms with E-state index >= 15 is 0 Å². The Morgan fingerprint density at radius 1 is 1.00 bits per heavy atom. The van der Waals surface area contributed by atoms with Crippen molar-refractivity contribution in [2.75, 3.05) is 6.54 Å². The van der Waals surface area contributed by atoms with E-state index in [0.29, 0.717) is 6.04 Å². The molecule has 13 heavy (non-hydrogen) atoms. The van der Waals surface area contributed by atoms with Gasteiger partial charge in [0.25, 0.3) is 0 Å². The second-order valence-electron chi connectivity index (χ2n) is 4.44. The summed E-state index contributed by atoms with van der Waals surface area (Å²) in [5, 5.41) is 3.47. The smallest absolute Gasteiger partial charge is 0.00412 e. The molecule has 1 heteroatoms. The van der Waals surface area contributed by atoms with Crippen LogP contribution in [0.2, 0.25) is 0 Å². The molecule has 0 radical (unpaired) electrons. The third kappa shape index (κ3) is 6.09. The van der Waals surface area contributed by atoms with Crippen LogP contribution >= 0.6 is 0 Å². The van der Waals surface area contributed by atoms with Gasteiger partial charge in [-0.05, 0) is 31.7 Å². The van der Waals surface area contributed by atoms with Gasteiger partial charge in [-0.25, -0.2) is 0 Å². The second-order valence-corrected chi connectivity index (χ2v) is 4.44. The van der Waals surface area contributed by atoms with Crippen LogP contribution in [0.1, 0.15) is 53.9 Å². The molecular weight excluding hydrogens is 158 g/mol. The Balaban J connectivity index is 3.64. The van der Waals surface area contributed by atoms with E-state index in [0.717, 1.165) is 18.4 Å². The molecule has 0 aliphatic heterocycles. The Labute approximate surface area is 84.3 Å². The topological polar surface area (TPSA) is 12.0 Å². The first-order valence-electron chi connectivity index (χ1n) is 5.85. The van der Waals surface area contributed by atoms with Crippen molar-refractivity contribution < 1.29 is 0 Å². The monoisotopic (exact) mass is 185 g/mol. The lowest BCUT2D eigenvalue weighted by atomic mass is 9.87. The molecule has 0 aliphatic rings. The van der Waals surface area contributed by atoms with Crippen molar-refractivity contribution in [1.82, 2.24) is 5.32 Å². The van der Waals surface area contributed by atoms with Crippen LogP contribution in [-0.4, -0.2) is 12.6 Å². The molecule has 0 fully saturated rings. The van der Waals surface area contributed by atoms with Crippen LogP contribution in [0.4, 0.5) is 0 Å². The minimum absolute atomic E-state index is 0.680. The van der Waals surface area contributed by atoms with E-state index in [-0.39, 0.29) is 0 Å². The fourth-order valence-corrected chi connectivity index (χ4v) is 1.96. The van der Waals surface area contributed by atoms with Gasteiger partial charge >= 0.3 is 0 Å². The predicted octanol–water partition coefficient (Wildman–Crippen LogP) is 3.45. The molecular formula is C12H27N. The first-order chi connectivity index (χ1) is 6.11. The van der Waals surface area contributed by atoms with Gasteiger partial charge in [0.05, 0.1) is 0 Å². The van der Waals surface area contributed by atoms with Gasteiger partial charge in [0, 0.05) is 6.04 Å². The van der Waals surface area contributed by atoms with Gasteiger partial charge in [-0.1, -0.05) is 40.5 Å². The lowest BCUT2D eigenvalue weighted by molar-refractivity contribution is 0.308. The Morgan fingerprint density at radius 2 is 1.62 bits per heavy atom. The van der Waals surface area contributed by atoms with Gasteiger partial charge in [0.1, 0.15) is 0 Å². The average molecular weight is 185 g/mol. The second kappa shape index (κ2) is 7.37. The van der Waals surface area contributed by atoms with Crippen LogP contribution in [0.25, 0.3) is 0 Å². The number of hydrogen-bond donors (Lipinski definition) is 1. The lowest BCUT2D eigenvalue weighted by Gasteiger charge is -2.23. The molecule has 0 amide bonds. The normalized spacial score (nSPS) is 18.2. The zero-order valence-corrected chi connectivity index (χ0v) is 10.1. The summed E-state index contributed by atoms with van der Waals surface area (Å²) in [7, 11) is 0. The van der Waals surface area contributed by atoms with Crippen LogP contribution in [0, 0.1) is 11.8 Å². The zero-order valence-electron chi connectivity index (χ0n) is 10.1. The maximum atomic E-state index is 3.47. The molecule has 80 valence electrons. The molecule has 0 spiro atoms. The summed E-state index contributed by atoms with van der Waals surface area (Å²) >= 11 is 0. The summed E-state index contributed by atoms with van der Waals surface area (Å²) in [4.78, 5) is 0. The lowest BCUT2D eigenvalue weighted by Crippen LogP contribution is -2.28. The summed E-state index contributed by atoms with van der Waals surface area (Å²) in [5.74, 6) is 1.74.